The van der Waals surface area contributed by atoms with E-state index in [4.69, 9.17) is 14.6 Å². The Balaban J connectivity index is 0.00000363. The van der Waals surface area contributed by atoms with Gasteiger partial charge in [-0.2, -0.15) is 0 Å². The average Bonchev–Trinajstić information content (AvgIpc) is 2.70. The van der Waals surface area contributed by atoms with Gasteiger partial charge in [0.15, 0.2) is 13.2 Å². The van der Waals surface area contributed by atoms with Crippen molar-refractivity contribution in [1.29, 1.82) is 0 Å². The summed E-state index contributed by atoms with van der Waals surface area (Å²) in [6, 6.07) is 9.95. The molecule has 0 aliphatic carbocycles. The molecule has 32 heavy (non-hydrogen) atoms. The van der Waals surface area contributed by atoms with E-state index in [-0.39, 0.29) is 42.8 Å². The van der Waals surface area contributed by atoms with Crippen LogP contribution in [0.3, 0.4) is 0 Å². The number of ether oxygens (including phenoxy) is 2. The van der Waals surface area contributed by atoms with E-state index in [1.165, 1.54) is 12.1 Å². The standard InChI is InChI=1S/C22H26N2O7.ClH/c1-22(2,9-13-3-5-15(6-4-13)30-12-20(28)29)23-10-18(26)16-7-14(25)8-17-21(16)31-11-19(27)24-17;/h3-8,18,23,25-26H,9-12H2,1-2H3,(H,24,27)(H,28,29);1H. The third-order valence-corrected chi connectivity index (χ3v) is 4.79. The number of aliphatic hydroxyl groups excluding tert-OH is 1. The van der Waals surface area contributed by atoms with Crippen LogP contribution in [0.15, 0.2) is 36.4 Å². The van der Waals surface area contributed by atoms with Crippen molar-refractivity contribution in [2.75, 3.05) is 25.1 Å². The number of halogens is 1. The third kappa shape index (κ3) is 6.74. The maximum Gasteiger partial charge on any atom is 0.341 e. The summed E-state index contributed by atoms with van der Waals surface area (Å²) in [5, 5.41) is 35.2. The summed E-state index contributed by atoms with van der Waals surface area (Å²) in [5.41, 5.74) is 1.35. The fraction of sp³-hybridized carbons (Fsp3) is 0.364. The van der Waals surface area contributed by atoms with Crippen molar-refractivity contribution in [2.24, 2.45) is 0 Å². The molecule has 174 valence electrons. The van der Waals surface area contributed by atoms with Crippen LogP contribution in [-0.2, 0) is 16.0 Å². The molecule has 1 unspecified atom stereocenters. The number of aromatic hydroxyl groups is 1. The number of hydrogen-bond donors (Lipinski definition) is 5. The number of rotatable bonds is 9. The highest BCUT2D eigenvalue weighted by Crippen LogP contribution is 2.38. The molecule has 0 spiro atoms. The van der Waals surface area contributed by atoms with Gasteiger partial charge in [0.2, 0.25) is 0 Å². The summed E-state index contributed by atoms with van der Waals surface area (Å²) in [4.78, 5) is 22.1. The van der Waals surface area contributed by atoms with Crippen molar-refractivity contribution in [1.82, 2.24) is 5.32 Å². The molecule has 0 saturated carbocycles. The van der Waals surface area contributed by atoms with Crippen molar-refractivity contribution in [3.63, 3.8) is 0 Å². The third-order valence-electron chi connectivity index (χ3n) is 4.79. The number of phenols is 1. The number of hydrogen-bond acceptors (Lipinski definition) is 7. The van der Waals surface area contributed by atoms with Crippen molar-refractivity contribution in [3.05, 3.63) is 47.5 Å². The van der Waals surface area contributed by atoms with E-state index < -0.39 is 18.7 Å². The first-order valence-corrected chi connectivity index (χ1v) is 9.79. The van der Waals surface area contributed by atoms with Gasteiger partial charge in [-0.05, 0) is 44.0 Å². The number of carbonyl (C=O) groups is 2. The number of anilines is 1. The summed E-state index contributed by atoms with van der Waals surface area (Å²) in [6.07, 6.45) is -0.328. The largest absolute Gasteiger partial charge is 0.508 e. The Bertz CT molecular complexity index is 963. The number of aliphatic hydroxyl groups is 1. The monoisotopic (exact) mass is 466 g/mol. The van der Waals surface area contributed by atoms with Gasteiger partial charge in [-0.15, -0.1) is 12.4 Å². The topological polar surface area (TPSA) is 137 Å². The summed E-state index contributed by atoms with van der Waals surface area (Å²) in [6.45, 7) is 3.63. The zero-order valence-electron chi connectivity index (χ0n) is 17.8. The number of carboxylic acid groups (broad SMARTS) is 1. The number of carbonyl (C=O) groups excluding carboxylic acids is 1. The van der Waals surface area contributed by atoms with Crippen LogP contribution in [0.4, 0.5) is 5.69 Å². The maximum atomic E-state index is 11.5. The van der Waals surface area contributed by atoms with Crippen molar-refractivity contribution in [2.45, 2.75) is 31.9 Å². The molecule has 0 saturated heterocycles. The highest BCUT2D eigenvalue weighted by atomic mass is 35.5. The van der Waals surface area contributed by atoms with E-state index in [1.54, 1.807) is 12.1 Å². The molecule has 1 aliphatic rings. The number of nitrogens with one attached hydrogen (secondary N) is 2. The molecular weight excluding hydrogens is 440 g/mol. The minimum atomic E-state index is -1.03. The van der Waals surface area contributed by atoms with Gasteiger partial charge in [-0.1, -0.05) is 12.1 Å². The van der Waals surface area contributed by atoms with E-state index in [9.17, 15) is 19.8 Å². The Kier molecular flexibility index (Phi) is 8.31. The van der Waals surface area contributed by atoms with Gasteiger partial charge >= 0.3 is 5.97 Å². The molecule has 1 atom stereocenters. The van der Waals surface area contributed by atoms with Gasteiger partial charge in [-0.3, -0.25) is 4.79 Å². The van der Waals surface area contributed by atoms with Crippen LogP contribution in [0, 0.1) is 0 Å². The van der Waals surface area contributed by atoms with E-state index in [2.05, 4.69) is 10.6 Å². The lowest BCUT2D eigenvalue weighted by Crippen LogP contribution is -2.43. The predicted octanol–water partition coefficient (Wildman–Crippen LogP) is 2.25. The zero-order chi connectivity index (χ0) is 22.6. The van der Waals surface area contributed by atoms with Crippen LogP contribution in [0.1, 0.15) is 31.1 Å². The molecule has 1 amide bonds. The smallest absolute Gasteiger partial charge is 0.341 e. The highest BCUT2D eigenvalue weighted by Gasteiger charge is 2.26. The molecule has 9 nitrogen and oxygen atoms in total. The molecule has 0 bridgehead atoms. The van der Waals surface area contributed by atoms with Gasteiger partial charge in [0.1, 0.15) is 17.2 Å². The molecule has 5 N–H and O–H groups in total. The Labute approximate surface area is 191 Å². The van der Waals surface area contributed by atoms with Crippen LogP contribution in [0.5, 0.6) is 17.2 Å². The normalized spacial score (nSPS) is 13.8. The molecule has 10 heteroatoms. The SMILES string of the molecule is CC(C)(Cc1ccc(OCC(=O)O)cc1)NCC(O)c1cc(O)cc2c1OCC(=O)N2.Cl. The van der Waals surface area contributed by atoms with E-state index in [0.29, 0.717) is 29.2 Å². The van der Waals surface area contributed by atoms with E-state index >= 15 is 0 Å². The van der Waals surface area contributed by atoms with Crippen LogP contribution in [0.25, 0.3) is 0 Å². The molecule has 2 aromatic carbocycles. The van der Waals surface area contributed by atoms with Crippen LogP contribution in [-0.4, -0.2) is 52.5 Å². The number of amides is 1. The maximum absolute atomic E-state index is 11.5. The quantitative estimate of drug-likeness (QED) is 0.379. The Morgan fingerprint density at radius 3 is 2.62 bits per heavy atom. The predicted molar refractivity (Wildman–Crippen MR) is 120 cm³/mol. The summed E-state index contributed by atoms with van der Waals surface area (Å²) >= 11 is 0. The van der Waals surface area contributed by atoms with Crippen LogP contribution >= 0.6 is 12.4 Å². The first-order chi connectivity index (χ1) is 14.6. The first-order valence-electron chi connectivity index (χ1n) is 9.79. The second-order valence-electron chi connectivity index (χ2n) is 8.03. The highest BCUT2D eigenvalue weighted by molar-refractivity contribution is 5.96. The lowest BCUT2D eigenvalue weighted by Gasteiger charge is -2.29. The van der Waals surface area contributed by atoms with Gasteiger partial charge in [0.25, 0.3) is 5.91 Å². The fourth-order valence-corrected chi connectivity index (χ4v) is 3.37. The average molecular weight is 467 g/mol. The van der Waals surface area contributed by atoms with E-state index in [0.717, 1.165) is 5.56 Å². The number of benzene rings is 2. The number of aliphatic carboxylic acids is 1. The molecule has 0 fully saturated rings. The second-order valence-corrected chi connectivity index (χ2v) is 8.03. The minimum Gasteiger partial charge on any atom is -0.508 e. The lowest BCUT2D eigenvalue weighted by molar-refractivity contribution is -0.139. The Morgan fingerprint density at radius 1 is 1.28 bits per heavy atom. The summed E-state index contributed by atoms with van der Waals surface area (Å²) < 4.78 is 10.6. The number of β-amino-alcohol motifs (C(OH)–C–C–N with tert-alkyl or cyclic N) is 1. The number of carboxylic acids is 1. The Hall–Kier alpha value is -3.01. The molecular formula is C22H27ClN2O7. The number of fused-ring (bicyclic) bond motifs is 1. The van der Waals surface area contributed by atoms with E-state index in [1.807, 2.05) is 26.0 Å². The van der Waals surface area contributed by atoms with Crippen molar-refractivity contribution in [3.8, 4) is 17.2 Å². The molecule has 0 radical (unpaired) electrons. The van der Waals surface area contributed by atoms with Gasteiger partial charge < -0.3 is 35.4 Å². The van der Waals surface area contributed by atoms with Crippen LogP contribution in [0.2, 0.25) is 0 Å². The minimum absolute atomic E-state index is 0. The van der Waals surface area contributed by atoms with Crippen molar-refractivity contribution < 1.29 is 34.4 Å². The summed E-state index contributed by atoms with van der Waals surface area (Å²) in [5.74, 6) is -0.608. The molecule has 2 aromatic rings. The zero-order valence-corrected chi connectivity index (χ0v) is 18.6. The van der Waals surface area contributed by atoms with Crippen molar-refractivity contribution >= 4 is 30.0 Å². The summed E-state index contributed by atoms with van der Waals surface area (Å²) in [7, 11) is 0. The molecule has 1 heterocycles. The first kappa shape index (κ1) is 25.3. The molecule has 1 aliphatic heterocycles. The fourth-order valence-electron chi connectivity index (χ4n) is 3.37. The number of phenolic OH excluding ortho intramolecular Hbond substituents is 1. The second kappa shape index (κ2) is 10.5. The van der Waals surface area contributed by atoms with Gasteiger partial charge in [0.05, 0.1) is 11.8 Å². The molecule has 0 aromatic heterocycles. The molecule has 3 rings (SSSR count). The van der Waals surface area contributed by atoms with Gasteiger partial charge in [0, 0.05) is 23.7 Å². The van der Waals surface area contributed by atoms with Crippen LogP contribution < -0.4 is 20.1 Å². The Morgan fingerprint density at radius 2 is 1.97 bits per heavy atom. The lowest BCUT2D eigenvalue weighted by atomic mass is 9.94. The van der Waals surface area contributed by atoms with Gasteiger partial charge in [-0.25, -0.2) is 4.79 Å².